The molecule has 2 fully saturated rings. The van der Waals surface area contributed by atoms with Crippen LogP contribution in [0.5, 0.6) is 0 Å². The normalized spacial score (nSPS) is 35.5. The third kappa shape index (κ3) is 3.13. The van der Waals surface area contributed by atoms with Gasteiger partial charge >= 0.3 is 6.18 Å². The first-order chi connectivity index (χ1) is 7.98. The lowest BCUT2D eigenvalue weighted by molar-refractivity contribution is -0.186. The molecule has 0 spiro atoms. The van der Waals surface area contributed by atoms with Gasteiger partial charge in [0, 0.05) is 18.6 Å². The third-order valence-electron chi connectivity index (χ3n) is 4.30. The van der Waals surface area contributed by atoms with Crippen LogP contribution in [0, 0.1) is 5.92 Å². The van der Waals surface area contributed by atoms with Crippen molar-refractivity contribution in [1.82, 2.24) is 10.2 Å². The smallest absolute Gasteiger partial charge is 0.315 e. The summed E-state index contributed by atoms with van der Waals surface area (Å²) in [5.41, 5.74) is 0. The monoisotopic (exact) mass is 250 g/mol. The van der Waals surface area contributed by atoms with Crippen molar-refractivity contribution >= 4 is 0 Å². The first-order valence-corrected chi connectivity index (χ1v) is 6.48. The molecular formula is C12H21F3N2. The second-order valence-electron chi connectivity index (χ2n) is 5.37. The average Bonchev–Trinajstić information content (AvgIpc) is 2.80. The van der Waals surface area contributed by atoms with Crippen LogP contribution in [0.25, 0.3) is 0 Å². The maximum Gasteiger partial charge on any atom is 0.391 e. The molecule has 1 aliphatic carbocycles. The number of nitrogens with one attached hydrogen (secondary N) is 1. The molecule has 1 heterocycles. The number of nitrogens with zero attached hydrogens (tertiary/aromatic N) is 1. The van der Waals surface area contributed by atoms with E-state index in [4.69, 9.17) is 0 Å². The van der Waals surface area contributed by atoms with Gasteiger partial charge in [-0.15, -0.1) is 0 Å². The van der Waals surface area contributed by atoms with Crippen LogP contribution in [0.15, 0.2) is 0 Å². The van der Waals surface area contributed by atoms with E-state index in [0.717, 1.165) is 25.9 Å². The molecule has 100 valence electrons. The molecule has 3 unspecified atom stereocenters. The summed E-state index contributed by atoms with van der Waals surface area (Å²) in [6, 6.07) is 0.534. The lowest BCUT2D eigenvalue weighted by Crippen LogP contribution is -2.45. The van der Waals surface area contributed by atoms with Crippen LogP contribution >= 0.6 is 0 Å². The molecule has 0 aromatic carbocycles. The molecule has 1 N–H and O–H groups in total. The molecule has 5 heteroatoms. The molecule has 17 heavy (non-hydrogen) atoms. The highest BCUT2D eigenvalue weighted by Gasteiger charge is 2.43. The Hall–Kier alpha value is -0.290. The Morgan fingerprint density at radius 2 is 1.88 bits per heavy atom. The Labute approximate surface area is 101 Å². The number of alkyl halides is 3. The number of hydrogen-bond donors (Lipinski definition) is 1. The fraction of sp³-hybridized carbons (Fsp3) is 1.00. The molecule has 1 saturated heterocycles. The summed E-state index contributed by atoms with van der Waals surface area (Å²) in [4.78, 5) is 2.18. The van der Waals surface area contributed by atoms with Crippen molar-refractivity contribution in [3.63, 3.8) is 0 Å². The van der Waals surface area contributed by atoms with Gasteiger partial charge in [-0.2, -0.15) is 13.2 Å². The standard InChI is InChI=1S/C12H21F3N2/c1-17(11-5-6-16-8-11)10-4-2-3-9(7-10)12(13,14)15/h9-11,16H,2-8H2,1H3. The summed E-state index contributed by atoms with van der Waals surface area (Å²) in [7, 11) is 1.99. The van der Waals surface area contributed by atoms with E-state index in [1.54, 1.807) is 0 Å². The van der Waals surface area contributed by atoms with Gasteiger partial charge in [0.1, 0.15) is 0 Å². The maximum absolute atomic E-state index is 12.7. The van der Waals surface area contributed by atoms with Gasteiger partial charge in [-0.25, -0.2) is 0 Å². The zero-order valence-electron chi connectivity index (χ0n) is 10.3. The fourth-order valence-electron chi connectivity index (χ4n) is 3.12. The molecule has 1 aliphatic heterocycles. The van der Waals surface area contributed by atoms with Gasteiger partial charge in [0.25, 0.3) is 0 Å². The number of likely N-dealkylation sites (N-methyl/N-ethyl adjacent to an activating group) is 1. The van der Waals surface area contributed by atoms with Crippen molar-refractivity contribution in [1.29, 1.82) is 0 Å². The van der Waals surface area contributed by atoms with Crippen LogP contribution in [0.1, 0.15) is 32.1 Å². The van der Waals surface area contributed by atoms with E-state index in [1.807, 2.05) is 7.05 Å². The van der Waals surface area contributed by atoms with E-state index in [1.165, 1.54) is 0 Å². The zero-order chi connectivity index (χ0) is 12.5. The minimum absolute atomic E-state index is 0.111. The molecule has 0 aromatic rings. The molecule has 0 bridgehead atoms. The van der Waals surface area contributed by atoms with Crippen LogP contribution in [0.2, 0.25) is 0 Å². The summed E-state index contributed by atoms with van der Waals surface area (Å²) < 4.78 is 38.2. The fourth-order valence-corrected chi connectivity index (χ4v) is 3.12. The van der Waals surface area contributed by atoms with Gasteiger partial charge in [0.2, 0.25) is 0 Å². The molecule has 2 nitrogen and oxygen atoms in total. The minimum atomic E-state index is -4.01. The van der Waals surface area contributed by atoms with Crippen LogP contribution in [-0.4, -0.2) is 43.3 Å². The van der Waals surface area contributed by atoms with Crippen molar-refractivity contribution < 1.29 is 13.2 Å². The SMILES string of the molecule is CN(C1CCNC1)C1CCCC(C(F)(F)F)C1. The predicted octanol–water partition coefficient (Wildman–Crippen LogP) is 2.40. The third-order valence-corrected chi connectivity index (χ3v) is 4.30. The van der Waals surface area contributed by atoms with Crippen LogP contribution in [-0.2, 0) is 0 Å². The second kappa shape index (κ2) is 5.14. The highest BCUT2D eigenvalue weighted by atomic mass is 19.4. The van der Waals surface area contributed by atoms with E-state index in [0.29, 0.717) is 18.9 Å². The molecule has 2 aliphatic rings. The number of halogens is 3. The van der Waals surface area contributed by atoms with Gasteiger partial charge in [0.05, 0.1) is 5.92 Å². The highest BCUT2D eigenvalue weighted by molar-refractivity contribution is 4.88. The zero-order valence-corrected chi connectivity index (χ0v) is 10.3. The summed E-state index contributed by atoms with van der Waals surface area (Å²) in [5.74, 6) is -1.09. The topological polar surface area (TPSA) is 15.3 Å². The van der Waals surface area contributed by atoms with Crippen LogP contribution in [0.4, 0.5) is 13.2 Å². The minimum Gasteiger partial charge on any atom is -0.315 e. The second-order valence-corrected chi connectivity index (χ2v) is 5.37. The van der Waals surface area contributed by atoms with Crippen LogP contribution in [0.3, 0.4) is 0 Å². The molecule has 2 rings (SSSR count). The van der Waals surface area contributed by atoms with Crippen LogP contribution < -0.4 is 5.32 Å². The quantitative estimate of drug-likeness (QED) is 0.809. The summed E-state index contributed by atoms with van der Waals surface area (Å²) in [6.07, 6.45) is -0.719. The van der Waals surface area contributed by atoms with Gasteiger partial charge in [-0.3, -0.25) is 4.90 Å². The largest absolute Gasteiger partial charge is 0.391 e. The highest BCUT2D eigenvalue weighted by Crippen LogP contribution is 2.39. The average molecular weight is 250 g/mol. The lowest BCUT2D eigenvalue weighted by Gasteiger charge is -2.38. The van der Waals surface area contributed by atoms with Crippen molar-refractivity contribution in [3.8, 4) is 0 Å². The molecular weight excluding hydrogens is 229 g/mol. The van der Waals surface area contributed by atoms with Gasteiger partial charge < -0.3 is 5.32 Å². The number of rotatable bonds is 2. The molecule has 0 amide bonds. The Morgan fingerprint density at radius 3 is 2.47 bits per heavy atom. The van der Waals surface area contributed by atoms with E-state index >= 15 is 0 Å². The summed E-state index contributed by atoms with van der Waals surface area (Å²) >= 11 is 0. The Balaban J connectivity index is 1.92. The first kappa shape index (κ1) is 13.1. The van der Waals surface area contributed by atoms with E-state index in [-0.39, 0.29) is 12.5 Å². The molecule has 0 aromatic heterocycles. The Bertz CT molecular complexity index is 249. The van der Waals surface area contributed by atoms with Gasteiger partial charge in [-0.05, 0) is 39.3 Å². The van der Waals surface area contributed by atoms with Gasteiger partial charge in [0.15, 0.2) is 0 Å². The van der Waals surface area contributed by atoms with E-state index in [2.05, 4.69) is 10.2 Å². The Kier molecular flexibility index (Phi) is 3.98. The van der Waals surface area contributed by atoms with Crippen molar-refractivity contribution in [3.05, 3.63) is 0 Å². The van der Waals surface area contributed by atoms with Crippen molar-refractivity contribution in [2.24, 2.45) is 5.92 Å². The summed E-state index contributed by atoms with van der Waals surface area (Å²) in [5, 5.41) is 3.27. The van der Waals surface area contributed by atoms with E-state index < -0.39 is 12.1 Å². The Morgan fingerprint density at radius 1 is 1.12 bits per heavy atom. The maximum atomic E-state index is 12.7. The molecule has 1 saturated carbocycles. The van der Waals surface area contributed by atoms with Crippen molar-refractivity contribution in [2.75, 3.05) is 20.1 Å². The predicted molar refractivity (Wildman–Crippen MR) is 60.8 cm³/mol. The van der Waals surface area contributed by atoms with E-state index in [9.17, 15) is 13.2 Å². The number of hydrogen-bond acceptors (Lipinski definition) is 2. The van der Waals surface area contributed by atoms with Gasteiger partial charge in [-0.1, -0.05) is 6.42 Å². The lowest BCUT2D eigenvalue weighted by atomic mass is 9.84. The molecule has 0 radical (unpaired) electrons. The first-order valence-electron chi connectivity index (χ1n) is 6.48. The molecule has 3 atom stereocenters. The summed E-state index contributed by atoms with van der Waals surface area (Å²) in [6.45, 7) is 1.91. The van der Waals surface area contributed by atoms with Crippen molar-refractivity contribution in [2.45, 2.75) is 50.4 Å².